The van der Waals surface area contributed by atoms with Crippen molar-refractivity contribution in [1.29, 1.82) is 0 Å². The van der Waals surface area contributed by atoms with Gasteiger partial charge in [0, 0.05) is 38.5 Å². The smallest absolute Gasteiger partial charge is 0.219 e. The summed E-state index contributed by atoms with van der Waals surface area (Å²) in [4.78, 5) is 8.63. The first-order valence-corrected chi connectivity index (χ1v) is 9.43. The van der Waals surface area contributed by atoms with Gasteiger partial charge in [0.2, 0.25) is 5.88 Å². The molecule has 30 heavy (non-hydrogen) atoms. The third kappa shape index (κ3) is 7.22. The highest BCUT2D eigenvalue weighted by molar-refractivity contribution is 14.0. The molecule has 2 aromatic carbocycles. The van der Waals surface area contributed by atoms with Crippen LogP contribution in [0.3, 0.4) is 0 Å². The Labute approximate surface area is 194 Å². The first-order valence-electron chi connectivity index (χ1n) is 9.43. The number of nitrogens with zero attached hydrogens (tertiary/aromatic N) is 2. The summed E-state index contributed by atoms with van der Waals surface area (Å²) in [6.07, 6.45) is 1.79. The molecular weight excluding hydrogens is 491 g/mol. The molecule has 0 bridgehead atoms. The van der Waals surface area contributed by atoms with E-state index in [1.807, 2.05) is 36.4 Å². The fourth-order valence-electron chi connectivity index (χ4n) is 2.66. The van der Waals surface area contributed by atoms with Gasteiger partial charge in [-0.05, 0) is 30.2 Å². The van der Waals surface area contributed by atoms with Crippen molar-refractivity contribution in [3.05, 3.63) is 83.6 Å². The zero-order chi connectivity index (χ0) is 20.5. The number of nitrogens with one attached hydrogen (secondary N) is 2. The first-order chi connectivity index (χ1) is 14.2. The zero-order valence-corrected chi connectivity index (χ0v) is 19.7. The van der Waals surface area contributed by atoms with Crippen molar-refractivity contribution in [1.82, 2.24) is 15.6 Å². The van der Waals surface area contributed by atoms with Crippen LogP contribution >= 0.6 is 24.0 Å². The summed E-state index contributed by atoms with van der Waals surface area (Å²) in [5, 5.41) is 6.61. The molecular formula is C23H27IN4O2. The van der Waals surface area contributed by atoms with Crippen LogP contribution in [0, 0.1) is 6.92 Å². The molecule has 1 heterocycles. The minimum absolute atomic E-state index is 0. The molecule has 0 aliphatic heterocycles. The molecule has 7 heteroatoms. The summed E-state index contributed by atoms with van der Waals surface area (Å²) in [6, 6.07) is 19.7. The highest BCUT2D eigenvalue weighted by Gasteiger charge is 2.03. The Bertz CT molecular complexity index is 944. The average molecular weight is 518 g/mol. The Morgan fingerprint density at radius 1 is 0.933 bits per heavy atom. The van der Waals surface area contributed by atoms with E-state index in [0.717, 1.165) is 17.3 Å². The van der Waals surface area contributed by atoms with Crippen molar-refractivity contribution in [2.45, 2.75) is 20.0 Å². The first kappa shape index (κ1) is 23.5. The number of benzene rings is 2. The number of aromatic nitrogens is 1. The Hall–Kier alpha value is -2.81. The molecule has 0 fully saturated rings. The lowest BCUT2D eigenvalue weighted by atomic mass is 10.1. The van der Waals surface area contributed by atoms with Crippen molar-refractivity contribution >= 4 is 29.9 Å². The van der Waals surface area contributed by atoms with Gasteiger partial charge >= 0.3 is 0 Å². The molecule has 0 saturated carbocycles. The number of guanidine groups is 1. The van der Waals surface area contributed by atoms with E-state index in [4.69, 9.17) is 9.47 Å². The fraction of sp³-hybridized carbons (Fsp3) is 0.217. The quantitative estimate of drug-likeness (QED) is 0.270. The largest absolute Gasteiger partial charge is 0.497 e. The Balaban J connectivity index is 0.00000320. The van der Waals surface area contributed by atoms with E-state index in [1.165, 1.54) is 11.1 Å². The molecule has 158 valence electrons. The molecule has 3 aromatic rings. The van der Waals surface area contributed by atoms with Gasteiger partial charge in [-0.1, -0.05) is 42.0 Å². The van der Waals surface area contributed by atoms with Crippen LogP contribution in [-0.4, -0.2) is 25.1 Å². The average Bonchev–Trinajstić information content (AvgIpc) is 2.76. The molecule has 0 spiro atoms. The zero-order valence-electron chi connectivity index (χ0n) is 17.4. The minimum atomic E-state index is 0. The summed E-state index contributed by atoms with van der Waals surface area (Å²) in [5.41, 5.74) is 3.49. The maximum Gasteiger partial charge on any atom is 0.219 e. The van der Waals surface area contributed by atoms with E-state index in [0.29, 0.717) is 24.7 Å². The summed E-state index contributed by atoms with van der Waals surface area (Å²) < 4.78 is 11.0. The van der Waals surface area contributed by atoms with Gasteiger partial charge in [-0.2, -0.15) is 0 Å². The number of hydrogen-bond acceptors (Lipinski definition) is 4. The normalized spacial score (nSPS) is 10.7. The van der Waals surface area contributed by atoms with E-state index >= 15 is 0 Å². The maximum absolute atomic E-state index is 5.77. The molecule has 0 aliphatic carbocycles. The van der Waals surface area contributed by atoms with Gasteiger partial charge in [0.15, 0.2) is 5.96 Å². The van der Waals surface area contributed by atoms with Crippen molar-refractivity contribution in [2.75, 3.05) is 14.2 Å². The van der Waals surface area contributed by atoms with E-state index < -0.39 is 0 Å². The lowest BCUT2D eigenvalue weighted by Gasteiger charge is -2.12. The number of aliphatic imine (C=N–C) groups is 1. The van der Waals surface area contributed by atoms with Crippen LogP contribution in [0.2, 0.25) is 0 Å². The van der Waals surface area contributed by atoms with Crippen molar-refractivity contribution < 1.29 is 9.47 Å². The van der Waals surface area contributed by atoms with Gasteiger partial charge < -0.3 is 20.1 Å². The van der Waals surface area contributed by atoms with Gasteiger partial charge in [0.05, 0.1) is 7.11 Å². The van der Waals surface area contributed by atoms with Gasteiger partial charge in [0.25, 0.3) is 0 Å². The number of ether oxygens (including phenoxy) is 2. The van der Waals surface area contributed by atoms with Crippen LogP contribution in [0.4, 0.5) is 0 Å². The lowest BCUT2D eigenvalue weighted by Crippen LogP contribution is -2.36. The van der Waals surface area contributed by atoms with E-state index in [2.05, 4.69) is 51.8 Å². The highest BCUT2D eigenvalue weighted by Crippen LogP contribution is 2.23. The van der Waals surface area contributed by atoms with Gasteiger partial charge in [-0.3, -0.25) is 4.99 Å². The molecule has 0 saturated heterocycles. The minimum Gasteiger partial charge on any atom is -0.497 e. The van der Waals surface area contributed by atoms with E-state index in [-0.39, 0.29) is 24.0 Å². The molecule has 2 N–H and O–H groups in total. The third-order valence-electron chi connectivity index (χ3n) is 4.33. The number of aryl methyl sites for hydroxylation is 1. The van der Waals surface area contributed by atoms with E-state index in [9.17, 15) is 0 Å². The highest BCUT2D eigenvalue weighted by atomic mass is 127. The molecule has 0 radical (unpaired) electrons. The monoisotopic (exact) mass is 518 g/mol. The Kier molecular flexibility index (Phi) is 9.40. The van der Waals surface area contributed by atoms with Crippen molar-refractivity contribution in [3.8, 4) is 17.4 Å². The number of halogens is 1. The van der Waals surface area contributed by atoms with Crippen LogP contribution in [-0.2, 0) is 13.1 Å². The predicted molar refractivity (Wildman–Crippen MR) is 131 cm³/mol. The number of hydrogen-bond donors (Lipinski definition) is 2. The van der Waals surface area contributed by atoms with Crippen LogP contribution in [0.15, 0.2) is 71.9 Å². The topological polar surface area (TPSA) is 67.8 Å². The van der Waals surface area contributed by atoms with Crippen molar-refractivity contribution in [3.63, 3.8) is 0 Å². The summed E-state index contributed by atoms with van der Waals surface area (Å²) >= 11 is 0. The third-order valence-corrected chi connectivity index (χ3v) is 4.33. The molecule has 1 aromatic heterocycles. The number of methoxy groups -OCH3 is 1. The van der Waals surface area contributed by atoms with Crippen molar-refractivity contribution in [2.24, 2.45) is 4.99 Å². The van der Waals surface area contributed by atoms with Gasteiger partial charge in [-0.15, -0.1) is 24.0 Å². The van der Waals surface area contributed by atoms with Crippen LogP contribution < -0.4 is 20.1 Å². The molecule has 0 aliphatic rings. The Morgan fingerprint density at radius 2 is 1.60 bits per heavy atom. The second-order valence-corrected chi connectivity index (χ2v) is 6.55. The summed E-state index contributed by atoms with van der Waals surface area (Å²) in [5.74, 6) is 2.70. The lowest BCUT2D eigenvalue weighted by molar-refractivity contribution is 0.407. The molecule has 0 amide bonds. The number of rotatable bonds is 7. The summed E-state index contributed by atoms with van der Waals surface area (Å²) in [7, 11) is 3.39. The second kappa shape index (κ2) is 12.0. The Morgan fingerprint density at radius 3 is 2.23 bits per heavy atom. The van der Waals surface area contributed by atoms with Gasteiger partial charge in [0.1, 0.15) is 11.5 Å². The molecule has 0 atom stereocenters. The van der Waals surface area contributed by atoms with Crippen LogP contribution in [0.1, 0.15) is 16.7 Å². The molecule has 0 unspecified atom stereocenters. The standard InChI is InChI=1S/C23H26N4O2.HI/c1-17-7-9-18(10-8-17)14-26-23(24-2)27-16-19-11-12-22(25-15-19)29-21-6-4-5-20(13-21)28-3;/h4-13,15H,14,16H2,1-3H3,(H2,24,26,27);1H. The maximum atomic E-state index is 5.77. The van der Waals surface area contributed by atoms with Crippen LogP contribution in [0.25, 0.3) is 0 Å². The molecule has 3 rings (SSSR count). The number of pyridine rings is 1. The van der Waals surface area contributed by atoms with E-state index in [1.54, 1.807) is 20.4 Å². The fourth-order valence-corrected chi connectivity index (χ4v) is 2.66. The van der Waals surface area contributed by atoms with Crippen LogP contribution in [0.5, 0.6) is 17.4 Å². The predicted octanol–water partition coefficient (Wildman–Crippen LogP) is 4.67. The molecule has 6 nitrogen and oxygen atoms in total. The second-order valence-electron chi connectivity index (χ2n) is 6.55. The van der Waals surface area contributed by atoms with Gasteiger partial charge in [-0.25, -0.2) is 4.98 Å². The SMILES string of the molecule is CN=C(NCc1ccc(C)cc1)NCc1ccc(Oc2cccc(OC)c2)nc1.I. The summed E-state index contributed by atoms with van der Waals surface area (Å²) in [6.45, 7) is 3.41.